The van der Waals surface area contributed by atoms with Crippen molar-refractivity contribution in [1.29, 1.82) is 0 Å². The molecule has 0 radical (unpaired) electrons. The summed E-state index contributed by atoms with van der Waals surface area (Å²) >= 11 is 0. The predicted octanol–water partition coefficient (Wildman–Crippen LogP) is -0.795. The molecule has 1 rings (SSSR count). The first kappa shape index (κ1) is 14.9. The van der Waals surface area contributed by atoms with Gasteiger partial charge in [0.25, 0.3) is 0 Å². The van der Waals surface area contributed by atoms with Crippen LogP contribution in [0.25, 0.3) is 0 Å². The highest BCUT2D eigenvalue weighted by molar-refractivity contribution is 5.86. The summed E-state index contributed by atoms with van der Waals surface area (Å²) in [6.45, 7) is 4.03. The van der Waals surface area contributed by atoms with Crippen molar-refractivity contribution in [3.05, 3.63) is 0 Å². The SMILES string of the molecule is CCCNC1COCC1C(=O)N(C)CC(=O)NC. The molecule has 0 bridgehead atoms. The molecular weight excluding hydrogens is 234 g/mol. The fourth-order valence-electron chi connectivity index (χ4n) is 1.98. The largest absolute Gasteiger partial charge is 0.379 e. The van der Waals surface area contributed by atoms with E-state index < -0.39 is 0 Å². The minimum atomic E-state index is -0.189. The summed E-state index contributed by atoms with van der Waals surface area (Å²) in [5, 5.41) is 5.82. The van der Waals surface area contributed by atoms with E-state index in [9.17, 15) is 9.59 Å². The van der Waals surface area contributed by atoms with E-state index in [4.69, 9.17) is 4.74 Å². The molecule has 104 valence electrons. The Kier molecular flexibility index (Phi) is 6.07. The van der Waals surface area contributed by atoms with E-state index in [1.165, 1.54) is 4.90 Å². The summed E-state index contributed by atoms with van der Waals surface area (Å²) < 4.78 is 5.36. The molecule has 18 heavy (non-hydrogen) atoms. The molecule has 0 aliphatic carbocycles. The van der Waals surface area contributed by atoms with Crippen LogP contribution in [-0.2, 0) is 14.3 Å². The van der Waals surface area contributed by atoms with Crippen molar-refractivity contribution in [3.8, 4) is 0 Å². The summed E-state index contributed by atoms with van der Waals surface area (Å²) in [4.78, 5) is 24.9. The van der Waals surface area contributed by atoms with Gasteiger partial charge in [-0.2, -0.15) is 0 Å². The topological polar surface area (TPSA) is 70.7 Å². The Labute approximate surface area is 108 Å². The number of nitrogens with one attached hydrogen (secondary N) is 2. The maximum absolute atomic E-state index is 12.2. The predicted molar refractivity (Wildman–Crippen MR) is 68.1 cm³/mol. The van der Waals surface area contributed by atoms with E-state index in [0.29, 0.717) is 13.2 Å². The molecule has 0 spiro atoms. The van der Waals surface area contributed by atoms with Crippen molar-refractivity contribution in [2.75, 3.05) is 40.4 Å². The second-order valence-electron chi connectivity index (χ2n) is 4.57. The molecule has 2 unspecified atom stereocenters. The second kappa shape index (κ2) is 7.33. The third kappa shape index (κ3) is 3.96. The van der Waals surface area contributed by atoms with E-state index in [-0.39, 0.29) is 30.3 Å². The fraction of sp³-hybridized carbons (Fsp3) is 0.833. The lowest BCUT2D eigenvalue weighted by Crippen LogP contribution is -2.47. The van der Waals surface area contributed by atoms with Gasteiger partial charge in [-0.1, -0.05) is 6.92 Å². The average molecular weight is 257 g/mol. The first-order valence-electron chi connectivity index (χ1n) is 6.36. The molecule has 2 atom stereocenters. The van der Waals surface area contributed by atoms with Crippen molar-refractivity contribution in [2.45, 2.75) is 19.4 Å². The molecule has 0 aromatic carbocycles. The van der Waals surface area contributed by atoms with Gasteiger partial charge in [-0.3, -0.25) is 9.59 Å². The standard InChI is InChI=1S/C12H23N3O3/c1-4-5-14-10-8-18-7-9(10)12(17)15(3)6-11(16)13-2/h9-10,14H,4-8H2,1-3H3,(H,13,16). The van der Waals surface area contributed by atoms with Crippen molar-refractivity contribution in [3.63, 3.8) is 0 Å². The lowest BCUT2D eigenvalue weighted by molar-refractivity contribution is -0.138. The molecule has 1 heterocycles. The molecule has 6 nitrogen and oxygen atoms in total. The van der Waals surface area contributed by atoms with E-state index in [1.807, 2.05) is 0 Å². The Morgan fingerprint density at radius 2 is 2.11 bits per heavy atom. The van der Waals surface area contributed by atoms with Crippen LogP contribution in [0, 0.1) is 5.92 Å². The Hall–Kier alpha value is -1.14. The van der Waals surface area contributed by atoms with Crippen LogP contribution in [0.4, 0.5) is 0 Å². The number of hydrogen-bond donors (Lipinski definition) is 2. The number of amides is 2. The summed E-state index contributed by atoms with van der Waals surface area (Å²) in [6, 6.07) is 0.0598. The zero-order chi connectivity index (χ0) is 13.5. The maximum Gasteiger partial charge on any atom is 0.239 e. The van der Waals surface area contributed by atoms with Gasteiger partial charge in [0.05, 0.1) is 25.7 Å². The zero-order valence-electron chi connectivity index (χ0n) is 11.4. The smallest absolute Gasteiger partial charge is 0.239 e. The van der Waals surface area contributed by atoms with Crippen LogP contribution in [-0.4, -0.2) is 63.2 Å². The molecule has 0 aromatic heterocycles. The van der Waals surface area contributed by atoms with Crippen LogP contribution < -0.4 is 10.6 Å². The number of hydrogen-bond acceptors (Lipinski definition) is 4. The van der Waals surface area contributed by atoms with Crippen LogP contribution >= 0.6 is 0 Å². The van der Waals surface area contributed by atoms with Crippen LogP contribution in [0.3, 0.4) is 0 Å². The number of rotatable bonds is 6. The highest BCUT2D eigenvalue weighted by atomic mass is 16.5. The molecule has 2 N–H and O–H groups in total. The molecule has 1 aliphatic heterocycles. The van der Waals surface area contributed by atoms with Crippen molar-refractivity contribution >= 4 is 11.8 Å². The molecule has 6 heteroatoms. The van der Waals surface area contributed by atoms with Crippen molar-refractivity contribution in [2.24, 2.45) is 5.92 Å². The van der Waals surface area contributed by atoms with Gasteiger partial charge in [0.2, 0.25) is 11.8 Å². The molecule has 1 saturated heterocycles. The summed E-state index contributed by atoms with van der Waals surface area (Å²) in [6.07, 6.45) is 1.02. The Morgan fingerprint density at radius 1 is 1.39 bits per heavy atom. The van der Waals surface area contributed by atoms with E-state index in [0.717, 1.165) is 13.0 Å². The van der Waals surface area contributed by atoms with Gasteiger partial charge in [-0.05, 0) is 13.0 Å². The summed E-state index contributed by atoms with van der Waals surface area (Å²) in [5.74, 6) is -0.390. The first-order valence-corrected chi connectivity index (χ1v) is 6.36. The molecular formula is C12H23N3O3. The molecule has 0 saturated carbocycles. The third-order valence-corrected chi connectivity index (χ3v) is 3.09. The van der Waals surface area contributed by atoms with Crippen LogP contribution in [0.1, 0.15) is 13.3 Å². The van der Waals surface area contributed by atoms with Crippen molar-refractivity contribution in [1.82, 2.24) is 15.5 Å². The van der Waals surface area contributed by atoms with Gasteiger partial charge < -0.3 is 20.3 Å². The van der Waals surface area contributed by atoms with Crippen molar-refractivity contribution < 1.29 is 14.3 Å². The highest BCUT2D eigenvalue weighted by Gasteiger charge is 2.35. The van der Waals surface area contributed by atoms with E-state index in [2.05, 4.69) is 17.6 Å². The van der Waals surface area contributed by atoms with Crippen LogP contribution in [0.15, 0.2) is 0 Å². The van der Waals surface area contributed by atoms with Crippen LogP contribution in [0.2, 0.25) is 0 Å². The number of nitrogens with zero attached hydrogens (tertiary/aromatic N) is 1. The highest BCUT2D eigenvalue weighted by Crippen LogP contribution is 2.16. The lowest BCUT2D eigenvalue weighted by Gasteiger charge is -2.23. The maximum atomic E-state index is 12.2. The summed E-state index contributed by atoms with van der Waals surface area (Å²) in [7, 11) is 3.21. The summed E-state index contributed by atoms with van der Waals surface area (Å²) in [5.41, 5.74) is 0. The number of carbonyl (C=O) groups is 2. The normalized spacial score (nSPS) is 22.8. The number of likely N-dealkylation sites (N-methyl/N-ethyl adjacent to an activating group) is 2. The average Bonchev–Trinajstić information content (AvgIpc) is 2.83. The molecule has 1 aliphatic rings. The monoisotopic (exact) mass is 257 g/mol. The lowest BCUT2D eigenvalue weighted by atomic mass is 10.0. The zero-order valence-corrected chi connectivity index (χ0v) is 11.4. The van der Waals surface area contributed by atoms with Gasteiger partial charge >= 0.3 is 0 Å². The molecule has 2 amide bonds. The third-order valence-electron chi connectivity index (χ3n) is 3.09. The van der Waals surface area contributed by atoms with Gasteiger partial charge in [-0.15, -0.1) is 0 Å². The minimum absolute atomic E-state index is 0.0373. The van der Waals surface area contributed by atoms with Gasteiger partial charge in [0, 0.05) is 20.1 Å². The minimum Gasteiger partial charge on any atom is -0.379 e. The van der Waals surface area contributed by atoms with Crippen LogP contribution in [0.5, 0.6) is 0 Å². The number of carbonyl (C=O) groups excluding carboxylic acids is 2. The van der Waals surface area contributed by atoms with E-state index >= 15 is 0 Å². The first-order chi connectivity index (χ1) is 8.60. The van der Waals surface area contributed by atoms with Gasteiger partial charge in [0.15, 0.2) is 0 Å². The molecule has 0 aromatic rings. The Balaban J connectivity index is 2.50. The quantitative estimate of drug-likeness (QED) is 0.654. The van der Waals surface area contributed by atoms with Gasteiger partial charge in [-0.25, -0.2) is 0 Å². The second-order valence-corrected chi connectivity index (χ2v) is 4.57. The Bertz CT molecular complexity index is 296. The fourth-order valence-corrected chi connectivity index (χ4v) is 1.98. The molecule has 1 fully saturated rings. The van der Waals surface area contributed by atoms with E-state index in [1.54, 1.807) is 14.1 Å². The van der Waals surface area contributed by atoms with Gasteiger partial charge in [0.1, 0.15) is 0 Å². The number of ether oxygens (including phenoxy) is 1. The Morgan fingerprint density at radius 3 is 2.72 bits per heavy atom.